The smallest absolute Gasteiger partial charge is 0.338 e. The normalized spacial score (nSPS) is 20.7. The van der Waals surface area contributed by atoms with E-state index in [-0.39, 0.29) is 18.9 Å². The standard InChI is InChI=1S/C24H27BrN4O8/c1-33-24-22(21(27-28-26)20(37-24)15-36-23(30)16-7-3-2-4-8-16)35-14-17-9-10-18(13-19(17)29(31)32)34-12-6-5-11-25/h2-4,7-10,13,20-22,24H,5-6,11-12,14-15H2,1H3/t20-,21-,22-,24-/m1/s1. The van der Waals surface area contributed by atoms with E-state index in [1.54, 1.807) is 42.5 Å². The van der Waals surface area contributed by atoms with Crippen LogP contribution in [0.25, 0.3) is 10.4 Å². The Morgan fingerprint density at radius 2 is 2.03 bits per heavy atom. The van der Waals surface area contributed by atoms with Gasteiger partial charge in [0.05, 0.1) is 41.4 Å². The lowest BCUT2D eigenvalue weighted by Crippen LogP contribution is -2.36. The number of esters is 1. The quantitative estimate of drug-likeness (QED) is 0.0445. The molecule has 13 heteroatoms. The monoisotopic (exact) mass is 578 g/mol. The van der Waals surface area contributed by atoms with Crippen molar-refractivity contribution >= 4 is 27.6 Å². The molecule has 0 amide bonds. The molecule has 1 aliphatic heterocycles. The van der Waals surface area contributed by atoms with Crippen LogP contribution >= 0.6 is 15.9 Å². The molecule has 2 aromatic rings. The summed E-state index contributed by atoms with van der Waals surface area (Å²) in [6.07, 6.45) is -0.958. The maximum atomic E-state index is 12.3. The summed E-state index contributed by atoms with van der Waals surface area (Å²) in [7, 11) is 1.39. The van der Waals surface area contributed by atoms with E-state index >= 15 is 0 Å². The fourth-order valence-electron chi connectivity index (χ4n) is 3.72. The van der Waals surface area contributed by atoms with Crippen molar-refractivity contribution in [3.05, 3.63) is 80.2 Å². The van der Waals surface area contributed by atoms with Crippen LogP contribution in [0.1, 0.15) is 28.8 Å². The highest BCUT2D eigenvalue weighted by molar-refractivity contribution is 9.09. The fraction of sp³-hybridized carbons (Fsp3) is 0.458. The van der Waals surface area contributed by atoms with Crippen LogP contribution in [0, 0.1) is 10.1 Å². The summed E-state index contributed by atoms with van der Waals surface area (Å²) in [5.41, 5.74) is 9.60. The van der Waals surface area contributed by atoms with E-state index in [9.17, 15) is 14.9 Å². The Kier molecular flexibility index (Phi) is 11.1. The van der Waals surface area contributed by atoms with Crippen LogP contribution in [0.5, 0.6) is 5.75 Å². The molecule has 37 heavy (non-hydrogen) atoms. The van der Waals surface area contributed by atoms with Crippen molar-refractivity contribution < 1.29 is 33.4 Å². The minimum atomic E-state index is -0.952. The van der Waals surface area contributed by atoms with Gasteiger partial charge in [0.1, 0.15) is 24.6 Å². The number of alkyl halides is 1. The second-order valence-corrected chi connectivity index (χ2v) is 8.80. The highest BCUT2D eigenvalue weighted by atomic mass is 79.9. The van der Waals surface area contributed by atoms with Crippen LogP contribution in [0.4, 0.5) is 5.69 Å². The van der Waals surface area contributed by atoms with Crippen molar-refractivity contribution in [2.75, 3.05) is 25.7 Å². The third-order valence-electron chi connectivity index (χ3n) is 5.58. The average molecular weight is 579 g/mol. The van der Waals surface area contributed by atoms with Gasteiger partial charge >= 0.3 is 5.97 Å². The molecule has 0 bridgehead atoms. The van der Waals surface area contributed by atoms with Crippen molar-refractivity contribution in [1.82, 2.24) is 0 Å². The first kappa shape index (κ1) is 28.4. The van der Waals surface area contributed by atoms with Crippen molar-refractivity contribution in [2.24, 2.45) is 5.11 Å². The molecular formula is C24H27BrN4O8. The molecule has 0 spiro atoms. The molecule has 0 aliphatic carbocycles. The third kappa shape index (κ3) is 7.88. The Labute approximate surface area is 221 Å². The summed E-state index contributed by atoms with van der Waals surface area (Å²) in [4.78, 5) is 26.3. The van der Waals surface area contributed by atoms with E-state index in [1.807, 2.05) is 0 Å². The number of unbranched alkanes of at least 4 members (excludes halogenated alkanes) is 1. The first-order valence-electron chi connectivity index (χ1n) is 11.5. The van der Waals surface area contributed by atoms with Gasteiger partial charge in [-0.2, -0.15) is 0 Å². The molecular weight excluding hydrogens is 552 g/mol. The number of halogens is 1. The van der Waals surface area contributed by atoms with Crippen LogP contribution in [0.15, 0.2) is 53.6 Å². The Bertz CT molecular complexity index is 1100. The topological polar surface area (TPSA) is 155 Å². The lowest BCUT2D eigenvalue weighted by molar-refractivity contribution is -0.386. The summed E-state index contributed by atoms with van der Waals surface area (Å²) in [6.45, 7) is 0.0536. The summed E-state index contributed by atoms with van der Waals surface area (Å²) in [5.74, 6) is -0.177. The molecule has 2 aromatic carbocycles. The Morgan fingerprint density at radius 3 is 2.70 bits per heavy atom. The van der Waals surface area contributed by atoms with E-state index in [2.05, 4.69) is 26.0 Å². The number of hydrogen-bond donors (Lipinski definition) is 0. The number of nitro benzene ring substituents is 1. The summed E-state index contributed by atoms with van der Waals surface area (Å²) in [6, 6.07) is 12.0. The molecule has 1 saturated heterocycles. The molecule has 3 rings (SSSR count). The number of carbonyl (C=O) groups excluding carboxylic acids is 1. The zero-order valence-corrected chi connectivity index (χ0v) is 21.7. The molecule has 0 radical (unpaired) electrons. The Morgan fingerprint density at radius 1 is 1.24 bits per heavy atom. The van der Waals surface area contributed by atoms with Crippen molar-refractivity contribution in [3.63, 3.8) is 0 Å². The predicted octanol–water partition coefficient (Wildman–Crippen LogP) is 4.94. The highest BCUT2D eigenvalue weighted by Crippen LogP contribution is 2.31. The lowest BCUT2D eigenvalue weighted by Gasteiger charge is -2.20. The molecule has 1 heterocycles. The molecule has 0 unspecified atom stereocenters. The number of rotatable bonds is 14. The van der Waals surface area contributed by atoms with Crippen molar-refractivity contribution in [1.29, 1.82) is 0 Å². The first-order valence-corrected chi connectivity index (χ1v) is 12.6. The van der Waals surface area contributed by atoms with Gasteiger partial charge in [0.2, 0.25) is 0 Å². The maximum absolute atomic E-state index is 12.3. The summed E-state index contributed by atoms with van der Waals surface area (Å²) < 4.78 is 28.0. The molecule has 0 aromatic heterocycles. The molecule has 0 N–H and O–H groups in total. The molecule has 198 valence electrons. The number of nitro groups is 1. The van der Waals surface area contributed by atoms with Crippen LogP contribution < -0.4 is 4.74 Å². The van der Waals surface area contributed by atoms with Gasteiger partial charge in [-0.05, 0) is 42.6 Å². The van der Waals surface area contributed by atoms with E-state index in [0.717, 1.165) is 18.2 Å². The van der Waals surface area contributed by atoms with Gasteiger partial charge in [0, 0.05) is 17.4 Å². The molecule has 0 saturated carbocycles. The van der Waals surface area contributed by atoms with Crippen LogP contribution in [-0.2, 0) is 25.6 Å². The number of nitrogens with zero attached hydrogens (tertiary/aromatic N) is 4. The maximum Gasteiger partial charge on any atom is 0.338 e. The van der Waals surface area contributed by atoms with E-state index in [1.165, 1.54) is 13.2 Å². The van der Waals surface area contributed by atoms with E-state index < -0.39 is 35.4 Å². The Hall–Kier alpha value is -3.22. The minimum Gasteiger partial charge on any atom is -0.493 e. The average Bonchev–Trinajstić information content (AvgIpc) is 3.25. The second kappa shape index (κ2) is 14.5. The second-order valence-electron chi connectivity index (χ2n) is 8.01. The highest BCUT2D eigenvalue weighted by Gasteiger charge is 2.46. The number of ether oxygens (including phenoxy) is 5. The van der Waals surface area contributed by atoms with Crippen LogP contribution in [0.2, 0.25) is 0 Å². The molecule has 1 fully saturated rings. The fourth-order valence-corrected chi connectivity index (χ4v) is 4.12. The SMILES string of the molecule is CO[C@@H]1O[C@H](COC(=O)c2ccccc2)[C@@H](N=[N+]=[N-])[C@H]1OCc1ccc(OCCCCBr)cc1[N+](=O)[O-]. The number of benzene rings is 2. The summed E-state index contributed by atoms with van der Waals surface area (Å²) >= 11 is 3.35. The number of azide groups is 1. The molecule has 1 aliphatic rings. The largest absolute Gasteiger partial charge is 0.493 e. The zero-order chi connectivity index (χ0) is 26.6. The van der Waals surface area contributed by atoms with Gasteiger partial charge in [0.25, 0.3) is 5.69 Å². The third-order valence-corrected chi connectivity index (χ3v) is 6.14. The van der Waals surface area contributed by atoms with Gasteiger partial charge in [-0.1, -0.05) is 39.2 Å². The molecule has 4 atom stereocenters. The van der Waals surface area contributed by atoms with Crippen LogP contribution in [0.3, 0.4) is 0 Å². The molecule has 12 nitrogen and oxygen atoms in total. The number of hydrogen-bond acceptors (Lipinski definition) is 9. The van der Waals surface area contributed by atoms with Crippen molar-refractivity contribution in [2.45, 2.75) is 44.0 Å². The zero-order valence-electron chi connectivity index (χ0n) is 20.1. The van der Waals surface area contributed by atoms with E-state index in [4.69, 9.17) is 29.2 Å². The van der Waals surface area contributed by atoms with Gasteiger partial charge in [-0.15, -0.1) is 0 Å². The minimum absolute atomic E-state index is 0.167. The number of carbonyl (C=O) groups is 1. The summed E-state index contributed by atoms with van der Waals surface area (Å²) in [5, 5.41) is 16.3. The van der Waals surface area contributed by atoms with Gasteiger partial charge < -0.3 is 23.7 Å². The number of methoxy groups -OCH3 is 1. The van der Waals surface area contributed by atoms with E-state index in [0.29, 0.717) is 23.5 Å². The van der Waals surface area contributed by atoms with Crippen molar-refractivity contribution in [3.8, 4) is 5.75 Å². The Balaban J connectivity index is 1.68. The predicted molar refractivity (Wildman–Crippen MR) is 136 cm³/mol. The van der Waals surface area contributed by atoms with Gasteiger partial charge in [-0.3, -0.25) is 10.1 Å². The van der Waals surface area contributed by atoms with Gasteiger partial charge in [0.15, 0.2) is 6.29 Å². The van der Waals surface area contributed by atoms with Crippen LogP contribution in [-0.4, -0.2) is 61.1 Å². The first-order chi connectivity index (χ1) is 18.0. The lowest BCUT2D eigenvalue weighted by atomic mass is 10.1. The van der Waals surface area contributed by atoms with Gasteiger partial charge in [-0.25, -0.2) is 4.79 Å².